The number of piperidine rings is 1. The van der Waals surface area contributed by atoms with Crippen molar-refractivity contribution in [2.24, 2.45) is 0 Å². The molecule has 0 aromatic heterocycles. The van der Waals surface area contributed by atoms with Gasteiger partial charge >= 0.3 is 0 Å². The van der Waals surface area contributed by atoms with Crippen molar-refractivity contribution in [3.63, 3.8) is 0 Å². The van der Waals surface area contributed by atoms with Crippen LogP contribution in [0.2, 0.25) is 0 Å². The first-order chi connectivity index (χ1) is 11.2. The number of methoxy groups -OCH3 is 1. The molecule has 1 aliphatic rings. The van der Waals surface area contributed by atoms with Gasteiger partial charge in [-0.1, -0.05) is 30.3 Å². The van der Waals surface area contributed by atoms with Gasteiger partial charge in [-0.05, 0) is 49.1 Å². The van der Waals surface area contributed by atoms with Crippen LogP contribution in [0.4, 0.5) is 0 Å². The van der Waals surface area contributed by atoms with Crippen molar-refractivity contribution in [1.82, 2.24) is 0 Å². The Labute approximate surface area is 140 Å². The van der Waals surface area contributed by atoms with E-state index in [9.17, 15) is 0 Å². The summed E-state index contributed by atoms with van der Waals surface area (Å²) in [6.07, 6.45) is 5.17. The van der Waals surface area contributed by atoms with Crippen molar-refractivity contribution in [1.29, 1.82) is 0 Å². The monoisotopic (exact) mass is 310 g/mol. The molecule has 0 spiro atoms. The maximum absolute atomic E-state index is 5.33. The average Bonchev–Trinajstić information content (AvgIpc) is 2.61. The normalized spacial score (nSPS) is 18.3. The van der Waals surface area contributed by atoms with E-state index in [4.69, 9.17) is 4.74 Å². The summed E-state index contributed by atoms with van der Waals surface area (Å²) in [5, 5.41) is 0. The Morgan fingerprint density at radius 2 is 1.57 bits per heavy atom. The minimum atomic E-state index is 0.517. The van der Waals surface area contributed by atoms with E-state index in [0.29, 0.717) is 6.04 Å². The fourth-order valence-corrected chi connectivity index (χ4v) is 3.91. The second-order valence-corrected chi connectivity index (χ2v) is 6.97. The standard InChI is InChI=1S/C21H28NO/c1-22(15-7-4-8-16-22)21(17-18-9-5-3-6-10-18)19-11-13-20(23-2)14-12-19/h3,5-6,9-14,21H,4,7-8,15-17H2,1-2H3/q+1/t21-/m0/s1. The third-order valence-electron chi connectivity index (χ3n) is 5.36. The molecule has 0 saturated carbocycles. The summed E-state index contributed by atoms with van der Waals surface area (Å²) in [6.45, 7) is 2.56. The summed E-state index contributed by atoms with van der Waals surface area (Å²) in [4.78, 5) is 0. The Morgan fingerprint density at radius 1 is 0.913 bits per heavy atom. The first-order valence-corrected chi connectivity index (χ1v) is 8.73. The summed E-state index contributed by atoms with van der Waals surface area (Å²) in [7, 11) is 4.17. The van der Waals surface area contributed by atoms with E-state index in [1.54, 1.807) is 7.11 Å². The van der Waals surface area contributed by atoms with Gasteiger partial charge in [0.1, 0.15) is 11.8 Å². The number of benzene rings is 2. The molecule has 122 valence electrons. The molecule has 0 unspecified atom stereocenters. The van der Waals surface area contributed by atoms with E-state index >= 15 is 0 Å². The molecule has 1 fully saturated rings. The van der Waals surface area contributed by atoms with Crippen molar-refractivity contribution in [2.45, 2.75) is 31.7 Å². The number of hydrogen-bond acceptors (Lipinski definition) is 1. The highest BCUT2D eigenvalue weighted by Crippen LogP contribution is 2.34. The zero-order valence-corrected chi connectivity index (χ0v) is 14.4. The van der Waals surface area contributed by atoms with Gasteiger partial charge in [-0.3, -0.25) is 0 Å². The molecule has 1 saturated heterocycles. The fourth-order valence-electron chi connectivity index (χ4n) is 3.91. The Kier molecular flexibility index (Phi) is 5.02. The predicted molar refractivity (Wildman–Crippen MR) is 95.7 cm³/mol. The van der Waals surface area contributed by atoms with E-state index in [1.807, 2.05) is 0 Å². The second-order valence-electron chi connectivity index (χ2n) is 6.97. The molecular weight excluding hydrogens is 282 g/mol. The van der Waals surface area contributed by atoms with Gasteiger partial charge in [0, 0.05) is 12.0 Å². The van der Waals surface area contributed by atoms with Crippen molar-refractivity contribution < 1.29 is 9.22 Å². The number of likely N-dealkylation sites (N-methyl/N-ethyl adjacent to an activating group) is 1. The van der Waals surface area contributed by atoms with Crippen LogP contribution in [0.15, 0.2) is 54.6 Å². The van der Waals surface area contributed by atoms with Crippen LogP contribution in [0.1, 0.15) is 36.4 Å². The Hall–Kier alpha value is -1.80. The Balaban J connectivity index is 1.91. The number of ether oxygens (including phenoxy) is 1. The lowest BCUT2D eigenvalue weighted by atomic mass is 9.93. The van der Waals surface area contributed by atoms with Crippen molar-refractivity contribution in [3.05, 3.63) is 65.7 Å². The quantitative estimate of drug-likeness (QED) is 0.733. The third-order valence-corrected chi connectivity index (χ3v) is 5.36. The first-order valence-electron chi connectivity index (χ1n) is 8.73. The summed E-state index contributed by atoms with van der Waals surface area (Å²) >= 11 is 0. The molecule has 2 heteroatoms. The van der Waals surface area contributed by atoms with Gasteiger partial charge in [0.05, 0.1) is 27.2 Å². The van der Waals surface area contributed by atoms with Gasteiger partial charge in [0.2, 0.25) is 0 Å². The highest BCUT2D eigenvalue weighted by Gasteiger charge is 2.35. The summed E-state index contributed by atoms with van der Waals surface area (Å²) in [5.41, 5.74) is 2.86. The molecule has 2 aromatic rings. The van der Waals surface area contributed by atoms with Crippen LogP contribution in [-0.4, -0.2) is 31.7 Å². The second kappa shape index (κ2) is 7.18. The molecule has 23 heavy (non-hydrogen) atoms. The maximum Gasteiger partial charge on any atom is 0.119 e. The van der Waals surface area contributed by atoms with E-state index in [-0.39, 0.29) is 0 Å². The molecule has 2 aromatic carbocycles. The third kappa shape index (κ3) is 3.76. The summed E-state index contributed by atoms with van der Waals surface area (Å²) in [6, 6.07) is 20.1. The zero-order valence-electron chi connectivity index (χ0n) is 14.4. The molecule has 0 radical (unpaired) electrons. The lowest BCUT2D eigenvalue weighted by molar-refractivity contribution is -0.943. The number of hydrogen-bond donors (Lipinski definition) is 0. The summed E-state index contributed by atoms with van der Waals surface area (Å²) < 4.78 is 6.49. The van der Waals surface area contributed by atoms with Crippen molar-refractivity contribution >= 4 is 0 Å². The lowest BCUT2D eigenvalue weighted by Gasteiger charge is -2.44. The number of quaternary nitrogens is 1. The molecule has 2 nitrogen and oxygen atoms in total. The van der Waals surface area contributed by atoms with Crippen LogP contribution in [0.5, 0.6) is 5.75 Å². The lowest BCUT2D eigenvalue weighted by Crippen LogP contribution is -2.51. The van der Waals surface area contributed by atoms with Crippen LogP contribution < -0.4 is 4.74 Å². The molecule has 1 aliphatic heterocycles. The molecular formula is C21H28NO+. The SMILES string of the molecule is COc1ccc([C@H](Cc2ccccc2)[N+]2(C)CCCCC2)cc1. The molecule has 0 bridgehead atoms. The highest BCUT2D eigenvalue weighted by atomic mass is 16.5. The predicted octanol–water partition coefficient (Wildman–Crippen LogP) is 4.61. The Morgan fingerprint density at radius 3 is 2.17 bits per heavy atom. The van der Waals surface area contributed by atoms with E-state index < -0.39 is 0 Å². The van der Waals surface area contributed by atoms with Gasteiger partial charge in [0.15, 0.2) is 0 Å². The van der Waals surface area contributed by atoms with Crippen LogP contribution >= 0.6 is 0 Å². The zero-order chi connectivity index (χ0) is 16.1. The topological polar surface area (TPSA) is 9.23 Å². The average molecular weight is 310 g/mol. The van der Waals surface area contributed by atoms with Gasteiger partial charge in [-0.2, -0.15) is 0 Å². The van der Waals surface area contributed by atoms with Crippen molar-refractivity contribution in [3.8, 4) is 5.75 Å². The Bertz CT molecular complexity index is 599. The van der Waals surface area contributed by atoms with Gasteiger partial charge in [-0.15, -0.1) is 0 Å². The first kappa shape index (κ1) is 16.1. The van der Waals surface area contributed by atoms with Gasteiger partial charge in [0.25, 0.3) is 0 Å². The molecule has 1 heterocycles. The molecule has 0 N–H and O–H groups in total. The van der Waals surface area contributed by atoms with Crippen LogP contribution in [0, 0.1) is 0 Å². The van der Waals surface area contributed by atoms with Crippen LogP contribution in [0.25, 0.3) is 0 Å². The van der Waals surface area contributed by atoms with Gasteiger partial charge < -0.3 is 9.22 Å². The van der Waals surface area contributed by atoms with Crippen LogP contribution in [-0.2, 0) is 6.42 Å². The molecule has 3 rings (SSSR count). The summed E-state index contributed by atoms with van der Waals surface area (Å²) in [5.74, 6) is 0.938. The molecule has 0 amide bonds. The molecule has 1 atom stereocenters. The van der Waals surface area contributed by atoms with E-state index in [1.165, 1.54) is 43.5 Å². The number of nitrogens with zero attached hydrogens (tertiary/aromatic N) is 1. The largest absolute Gasteiger partial charge is 0.497 e. The minimum absolute atomic E-state index is 0.517. The number of likely N-dealkylation sites (tertiary alicyclic amines) is 1. The minimum Gasteiger partial charge on any atom is -0.497 e. The van der Waals surface area contributed by atoms with E-state index in [0.717, 1.165) is 16.7 Å². The highest BCUT2D eigenvalue weighted by molar-refractivity contribution is 5.30. The van der Waals surface area contributed by atoms with Gasteiger partial charge in [-0.25, -0.2) is 0 Å². The smallest absolute Gasteiger partial charge is 0.119 e. The van der Waals surface area contributed by atoms with E-state index in [2.05, 4.69) is 61.6 Å². The maximum atomic E-state index is 5.33. The number of rotatable bonds is 5. The van der Waals surface area contributed by atoms with Crippen molar-refractivity contribution in [2.75, 3.05) is 27.2 Å². The molecule has 0 aliphatic carbocycles. The fraction of sp³-hybridized carbons (Fsp3) is 0.429. The van der Waals surface area contributed by atoms with Crippen LogP contribution in [0.3, 0.4) is 0 Å².